The van der Waals surface area contributed by atoms with E-state index in [2.05, 4.69) is 4.99 Å². The van der Waals surface area contributed by atoms with Gasteiger partial charge in [0, 0.05) is 38.3 Å². The maximum atomic E-state index is 12.0. The van der Waals surface area contributed by atoms with Crippen molar-refractivity contribution in [2.45, 2.75) is 31.5 Å². The molecule has 0 heterocycles. The number of carbonyl (C=O) groups is 1. The van der Waals surface area contributed by atoms with Crippen LogP contribution in [0, 0.1) is 0 Å². The lowest BCUT2D eigenvalue weighted by atomic mass is 9.92. The molecule has 1 aromatic carbocycles. The van der Waals surface area contributed by atoms with Gasteiger partial charge in [-0.05, 0) is 25.0 Å². The van der Waals surface area contributed by atoms with Gasteiger partial charge in [0.1, 0.15) is 0 Å². The van der Waals surface area contributed by atoms with Gasteiger partial charge < -0.3 is 9.47 Å². The van der Waals surface area contributed by atoms with Crippen molar-refractivity contribution in [1.82, 2.24) is 0 Å². The normalized spacial score (nSPS) is 18.1. The molecule has 0 radical (unpaired) electrons. The highest BCUT2D eigenvalue weighted by atomic mass is 16.7. The van der Waals surface area contributed by atoms with Crippen molar-refractivity contribution in [3.8, 4) is 0 Å². The van der Waals surface area contributed by atoms with Crippen LogP contribution in [0.25, 0.3) is 0 Å². The van der Waals surface area contributed by atoms with Crippen LogP contribution in [-0.4, -0.2) is 31.6 Å². The number of benzene rings is 1. The highest BCUT2D eigenvalue weighted by Gasteiger charge is 2.33. The fraction of sp³-hybridized carbons (Fsp3) is 0.467. The Morgan fingerprint density at radius 1 is 1.11 bits per heavy atom. The molecule has 102 valence electrons. The molecule has 1 aromatic rings. The molecule has 0 atom stereocenters. The van der Waals surface area contributed by atoms with Crippen molar-refractivity contribution in [1.29, 1.82) is 0 Å². The minimum atomic E-state index is -0.505. The fourth-order valence-corrected chi connectivity index (χ4v) is 2.31. The van der Waals surface area contributed by atoms with E-state index in [1.54, 1.807) is 26.4 Å². The highest BCUT2D eigenvalue weighted by Crippen LogP contribution is 2.30. The van der Waals surface area contributed by atoms with Crippen LogP contribution in [0.1, 0.15) is 36.0 Å². The molecule has 19 heavy (non-hydrogen) atoms. The van der Waals surface area contributed by atoms with E-state index in [9.17, 15) is 4.79 Å². The molecule has 4 heteroatoms. The average molecular weight is 261 g/mol. The molecule has 1 amide bonds. The molecule has 0 aromatic heterocycles. The maximum Gasteiger partial charge on any atom is 0.276 e. The minimum absolute atomic E-state index is 0.169. The van der Waals surface area contributed by atoms with E-state index >= 15 is 0 Å². The lowest BCUT2D eigenvalue weighted by Gasteiger charge is -2.34. The summed E-state index contributed by atoms with van der Waals surface area (Å²) in [5.74, 6) is -0.674. The Hall–Kier alpha value is -1.52. The van der Waals surface area contributed by atoms with E-state index in [0.29, 0.717) is 5.56 Å². The molecule has 4 nitrogen and oxygen atoms in total. The van der Waals surface area contributed by atoms with Crippen LogP contribution in [0.15, 0.2) is 35.3 Å². The van der Waals surface area contributed by atoms with Gasteiger partial charge in [0.25, 0.3) is 5.91 Å². The van der Waals surface area contributed by atoms with Crippen molar-refractivity contribution >= 4 is 11.6 Å². The molecule has 1 aliphatic rings. The van der Waals surface area contributed by atoms with Crippen LogP contribution in [0.5, 0.6) is 0 Å². The summed E-state index contributed by atoms with van der Waals surface area (Å²) in [6.45, 7) is 0. The maximum absolute atomic E-state index is 12.0. The number of hydrogen-bond acceptors (Lipinski definition) is 3. The number of ether oxygens (including phenoxy) is 2. The van der Waals surface area contributed by atoms with E-state index in [4.69, 9.17) is 9.47 Å². The molecule has 1 fully saturated rings. The monoisotopic (exact) mass is 261 g/mol. The summed E-state index contributed by atoms with van der Waals surface area (Å²) < 4.78 is 10.8. The molecule has 2 rings (SSSR count). The van der Waals surface area contributed by atoms with E-state index in [0.717, 1.165) is 31.4 Å². The lowest BCUT2D eigenvalue weighted by molar-refractivity contribution is -0.215. The zero-order chi connectivity index (χ0) is 13.7. The Kier molecular flexibility index (Phi) is 4.45. The molecule has 0 spiro atoms. The second-order valence-corrected chi connectivity index (χ2v) is 4.67. The Balaban J connectivity index is 2.02. The molecule has 0 bridgehead atoms. The molecule has 1 aliphatic carbocycles. The van der Waals surface area contributed by atoms with Gasteiger partial charge in [0.15, 0.2) is 5.79 Å². The second-order valence-electron chi connectivity index (χ2n) is 4.67. The first-order chi connectivity index (χ1) is 9.19. The summed E-state index contributed by atoms with van der Waals surface area (Å²) >= 11 is 0. The number of amides is 1. The smallest absolute Gasteiger partial charge is 0.276 e. The van der Waals surface area contributed by atoms with Crippen molar-refractivity contribution in [3.63, 3.8) is 0 Å². The van der Waals surface area contributed by atoms with Gasteiger partial charge in [0.05, 0.1) is 0 Å². The Morgan fingerprint density at radius 3 is 2.21 bits per heavy atom. The summed E-state index contributed by atoms with van der Waals surface area (Å²) in [7, 11) is 3.31. The predicted octanol–water partition coefficient (Wildman–Crippen LogP) is 2.83. The van der Waals surface area contributed by atoms with Crippen LogP contribution in [-0.2, 0) is 9.47 Å². The van der Waals surface area contributed by atoms with Crippen LogP contribution >= 0.6 is 0 Å². The quantitative estimate of drug-likeness (QED) is 0.786. The van der Waals surface area contributed by atoms with Gasteiger partial charge >= 0.3 is 0 Å². The van der Waals surface area contributed by atoms with E-state index in [-0.39, 0.29) is 5.91 Å². The van der Waals surface area contributed by atoms with E-state index in [1.807, 2.05) is 18.2 Å². The van der Waals surface area contributed by atoms with Gasteiger partial charge in [0.2, 0.25) is 0 Å². The molecule has 0 N–H and O–H groups in total. The second kappa shape index (κ2) is 6.08. The molecule has 0 unspecified atom stereocenters. The molecule has 0 saturated heterocycles. The van der Waals surface area contributed by atoms with Gasteiger partial charge in [-0.3, -0.25) is 4.79 Å². The van der Waals surface area contributed by atoms with Crippen LogP contribution in [0.2, 0.25) is 0 Å². The predicted molar refractivity (Wildman–Crippen MR) is 73.4 cm³/mol. The first-order valence-electron chi connectivity index (χ1n) is 6.45. The fourth-order valence-electron chi connectivity index (χ4n) is 2.31. The highest BCUT2D eigenvalue weighted by molar-refractivity contribution is 6.04. The summed E-state index contributed by atoms with van der Waals surface area (Å²) in [6.07, 6.45) is 2.95. The standard InChI is InChI=1S/C15H19NO3/c1-18-15(19-2)10-8-13(9-11-15)16-14(17)12-6-4-3-5-7-12/h3-7H,8-11H2,1-2H3. The first kappa shape index (κ1) is 13.9. The van der Waals surface area contributed by atoms with Gasteiger partial charge in [-0.25, -0.2) is 4.99 Å². The van der Waals surface area contributed by atoms with Crippen molar-refractivity contribution in [2.24, 2.45) is 4.99 Å². The van der Waals surface area contributed by atoms with Crippen LogP contribution in [0.4, 0.5) is 0 Å². The number of aliphatic imine (C=N–C) groups is 1. The van der Waals surface area contributed by atoms with E-state index in [1.165, 1.54) is 0 Å². The van der Waals surface area contributed by atoms with Gasteiger partial charge in [-0.1, -0.05) is 18.2 Å². The first-order valence-corrected chi connectivity index (χ1v) is 6.45. The number of nitrogens with zero attached hydrogens (tertiary/aromatic N) is 1. The largest absolute Gasteiger partial charge is 0.353 e. The number of hydrogen-bond donors (Lipinski definition) is 0. The third-order valence-electron chi connectivity index (χ3n) is 3.61. The third kappa shape index (κ3) is 3.28. The Morgan fingerprint density at radius 2 is 1.68 bits per heavy atom. The number of methoxy groups -OCH3 is 2. The van der Waals surface area contributed by atoms with Crippen LogP contribution < -0.4 is 0 Å². The molecular formula is C15H19NO3. The Bertz CT molecular complexity index is 452. The van der Waals surface area contributed by atoms with Crippen molar-refractivity contribution < 1.29 is 14.3 Å². The molecule has 1 saturated carbocycles. The topological polar surface area (TPSA) is 47.9 Å². The number of rotatable bonds is 3. The van der Waals surface area contributed by atoms with Crippen molar-refractivity contribution in [3.05, 3.63) is 35.9 Å². The zero-order valence-corrected chi connectivity index (χ0v) is 11.4. The van der Waals surface area contributed by atoms with Gasteiger partial charge in [-0.2, -0.15) is 0 Å². The summed E-state index contributed by atoms with van der Waals surface area (Å²) in [5, 5.41) is 0. The Labute approximate surface area is 113 Å². The minimum Gasteiger partial charge on any atom is -0.353 e. The average Bonchev–Trinajstić information content (AvgIpc) is 2.49. The molecular weight excluding hydrogens is 242 g/mol. The van der Waals surface area contributed by atoms with Gasteiger partial charge in [-0.15, -0.1) is 0 Å². The van der Waals surface area contributed by atoms with Crippen LogP contribution in [0.3, 0.4) is 0 Å². The molecule has 0 aliphatic heterocycles. The van der Waals surface area contributed by atoms with E-state index < -0.39 is 5.79 Å². The third-order valence-corrected chi connectivity index (χ3v) is 3.61. The number of carbonyl (C=O) groups excluding carboxylic acids is 1. The SMILES string of the molecule is COC1(OC)CCC(=NC(=O)c2ccccc2)CC1. The van der Waals surface area contributed by atoms with Crippen molar-refractivity contribution in [2.75, 3.05) is 14.2 Å². The summed E-state index contributed by atoms with van der Waals surface area (Å²) in [5.41, 5.74) is 1.56. The summed E-state index contributed by atoms with van der Waals surface area (Å²) in [6, 6.07) is 9.13. The lowest BCUT2D eigenvalue weighted by Crippen LogP contribution is -2.38. The zero-order valence-electron chi connectivity index (χ0n) is 11.4. The summed E-state index contributed by atoms with van der Waals surface area (Å²) in [4.78, 5) is 16.2.